The van der Waals surface area contributed by atoms with Gasteiger partial charge >= 0.3 is 0 Å². The van der Waals surface area contributed by atoms with Crippen molar-refractivity contribution >= 4 is 16.7 Å². The zero-order chi connectivity index (χ0) is 13.2. The van der Waals surface area contributed by atoms with Crippen molar-refractivity contribution in [2.45, 2.75) is 19.3 Å². The molecule has 100 valence electrons. The summed E-state index contributed by atoms with van der Waals surface area (Å²) in [5.41, 5.74) is 1.63. The van der Waals surface area contributed by atoms with Gasteiger partial charge in [0.25, 0.3) is 5.69 Å². The Morgan fingerprint density at radius 1 is 1.37 bits per heavy atom. The fourth-order valence-electron chi connectivity index (χ4n) is 2.55. The third kappa shape index (κ3) is 2.58. The van der Waals surface area contributed by atoms with Crippen LogP contribution in [0.4, 0.5) is 5.69 Å². The van der Waals surface area contributed by atoms with Gasteiger partial charge in [-0.1, -0.05) is 0 Å². The van der Waals surface area contributed by atoms with Crippen molar-refractivity contribution in [2.75, 3.05) is 19.6 Å². The number of hydrogen-bond donors (Lipinski definition) is 1. The van der Waals surface area contributed by atoms with Gasteiger partial charge in [0, 0.05) is 25.1 Å². The van der Waals surface area contributed by atoms with E-state index in [-0.39, 0.29) is 10.6 Å². The number of rotatable bonds is 4. The van der Waals surface area contributed by atoms with E-state index in [1.807, 2.05) is 0 Å². The van der Waals surface area contributed by atoms with Crippen molar-refractivity contribution in [3.05, 3.63) is 34.1 Å². The molecule has 6 heteroatoms. The van der Waals surface area contributed by atoms with Crippen LogP contribution in [0.5, 0.6) is 0 Å². The molecule has 0 radical (unpaired) electrons. The van der Waals surface area contributed by atoms with Crippen LogP contribution in [0.1, 0.15) is 18.7 Å². The maximum absolute atomic E-state index is 10.7. The summed E-state index contributed by atoms with van der Waals surface area (Å²) in [7, 11) is 0. The number of imidazole rings is 1. The number of H-pyrrole nitrogens is 1. The standard InChI is InChI=1S/C13H16N4O2/c18-17(19)10-3-4-11-12(9-10)15-13(14-11)5-8-16-6-1-2-7-16/h3-4,9H,1-2,5-8H2,(H,14,15). The van der Waals surface area contributed by atoms with Crippen LogP contribution < -0.4 is 0 Å². The first-order chi connectivity index (χ1) is 9.22. The van der Waals surface area contributed by atoms with Crippen molar-refractivity contribution in [3.8, 4) is 0 Å². The van der Waals surface area contributed by atoms with Crippen LogP contribution in [0.2, 0.25) is 0 Å². The fourth-order valence-corrected chi connectivity index (χ4v) is 2.55. The second-order valence-corrected chi connectivity index (χ2v) is 4.94. The van der Waals surface area contributed by atoms with Gasteiger partial charge in [0.1, 0.15) is 5.82 Å². The van der Waals surface area contributed by atoms with Crippen LogP contribution in [0.25, 0.3) is 11.0 Å². The Morgan fingerprint density at radius 3 is 2.89 bits per heavy atom. The van der Waals surface area contributed by atoms with Crippen molar-refractivity contribution in [3.63, 3.8) is 0 Å². The summed E-state index contributed by atoms with van der Waals surface area (Å²) in [4.78, 5) is 20.4. The van der Waals surface area contributed by atoms with E-state index in [0.717, 1.165) is 29.8 Å². The summed E-state index contributed by atoms with van der Waals surface area (Å²) in [6.45, 7) is 3.35. The van der Waals surface area contributed by atoms with Gasteiger partial charge in [0.15, 0.2) is 0 Å². The van der Waals surface area contributed by atoms with E-state index in [9.17, 15) is 10.1 Å². The van der Waals surface area contributed by atoms with Crippen molar-refractivity contribution in [2.24, 2.45) is 0 Å². The minimum atomic E-state index is -0.385. The highest BCUT2D eigenvalue weighted by Gasteiger charge is 2.13. The van der Waals surface area contributed by atoms with E-state index >= 15 is 0 Å². The number of nitrogens with zero attached hydrogens (tertiary/aromatic N) is 3. The van der Waals surface area contributed by atoms with E-state index in [2.05, 4.69) is 14.9 Å². The Hall–Kier alpha value is -1.95. The van der Waals surface area contributed by atoms with E-state index in [1.165, 1.54) is 32.0 Å². The lowest BCUT2D eigenvalue weighted by atomic mass is 10.3. The molecule has 0 aliphatic carbocycles. The van der Waals surface area contributed by atoms with Crippen LogP contribution >= 0.6 is 0 Å². The van der Waals surface area contributed by atoms with Crippen molar-refractivity contribution in [1.29, 1.82) is 0 Å². The maximum atomic E-state index is 10.7. The summed E-state index contributed by atoms with van der Waals surface area (Å²) < 4.78 is 0. The van der Waals surface area contributed by atoms with Crippen molar-refractivity contribution < 1.29 is 4.92 Å². The molecule has 1 N–H and O–H groups in total. The van der Waals surface area contributed by atoms with Gasteiger partial charge in [-0.05, 0) is 32.0 Å². The number of benzene rings is 1. The number of aromatic nitrogens is 2. The van der Waals surface area contributed by atoms with E-state index < -0.39 is 0 Å². The van der Waals surface area contributed by atoms with E-state index in [0.29, 0.717) is 0 Å². The first kappa shape index (κ1) is 12.1. The lowest BCUT2D eigenvalue weighted by molar-refractivity contribution is -0.384. The number of nitro groups is 1. The lowest BCUT2D eigenvalue weighted by Gasteiger charge is -2.12. The summed E-state index contributed by atoms with van der Waals surface area (Å²) >= 11 is 0. The molecule has 2 heterocycles. The Labute approximate surface area is 110 Å². The highest BCUT2D eigenvalue weighted by Crippen LogP contribution is 2.19. The second-order valence-electron chi connectivity index (χ2n) is 4.94. The normalized spacial score (nSPS) is 16.2. The van der Waals surface area contributed by atoms with Crippen LogP contribution in [-0.2, 0) is 6.42 Å². The molecule has 3 rings (SSSR count). The molecule has 1 saturated heterocycles. The highest BCUT2D eigenvalue weighted by atomic mass is 16.6. The number of non-ortho nitro benzene ring substituents is 1. The second kappa shape index (κ2) is 4.97. The maximum Gasteiger partial charge on any atom is 0.271 e. The van der Waals surface area contributed by atoms with Gasteiger partial charge in [0.2, 0.25) is 0 Å². The van der Waals surface area contributed by atoms with Gasteiger partial charge in [0.05, 0.1) is 16.0 Å². The lowest BCUT2D eigenvalue weighted by Crippen LogP contribution is -2.22. The average molecular weight is 260 g/mol. The summed E-state index contributed by atoms with van der Waals surface area (Å²) in [6, 6.07) is 4.73. The molecule has 6 nitrogen and oxygen atoms in total. The molecule has 0 atom stereocenters. The minimum absolute atomic E-state index is 0.0993. The molecular formula is C13H16N4O2. The zero-order valence-corrected chi connectivity index (χ0v) is 10.6. The molecule has 1 aliphatic heterocycles. The Kier molecular flexibility index (Phi) is 3.16. The fraction of sp³-hybridized carbons (Fsp3) is 0.462. The van der Waals surface area contributed by atoms with Crippen LogP contribution in [0.15, 0.2) is 18.2 Å². The SMILES string of the molecule is O=[N+]([O-])c1ccc2nc(CCN3CCCC3)[nH]c2c1. The molecule has 0 amide bonds. The van der Waals surface area contributed by atoms with Crippen LogP contribution in [0.3, 0.4) is 0 Å². The van der Waals surface area contributed by atoms with Crippen LogP contribution in [0, 0.1) is 10.1 Å². The first-order valence-corrected chi connectivity index (χ1v) is 6.58. The number of aromatic amines is 1. The van der Waals surface area contributed by atoms with Gasteiger partial charge in [-0.25, -0.2) is 4.98 Å². The minimum Gasteiger partial charge on any atom is -0.342 e. The molecule has 2 aromatic rings. The van der Waals surface area contributed by atoms with E-state index in [4.69, 9.17) is 0 Å². The van der Waals surface area contributed by atoms with E-state index in [1.54, 1.807) is 12.1 Å². The molecule has 0 bridgehead atoms. The number of likely N-dealkylation sites (tertiary alicyclic amines) is 1. The van der Waals surface area contributed by atoms with Crippen molar-refractivity contribution in [1.82, 2.24) is 14.9 Å². The zero-order valence-electron chi connectivity index (χ0n) is 10.6. The third-order valence-electron chi connectivity index (χ3n) is 3.59. The summed E-state index contributed by atoms with van der Waals surface area (Å²) in [6.07, 6.45) is 3.43. The van der Waals surface area contributed by atoms with Crippen LogP contribution in [-0.4, -0.2) is 39.4 Å². The number of nitro benzene ring substituents is 1. The average Bonchev–Trinajstić information content (AvgIpc) is 3.04. The first-order valence-electron chi connectivity index (χ1n) is 6.58. The smallest absolute Gasteiger partial charge is 0.271 e. The number of nitrogens with one attached hydrogen (secondary N) is 1. The number of fused-ring (bicyclic) bond motifs is 1. The summed E-state index contributed by atoms with van der Waals surface area (Å²) in [5.74, 6) is 0.905. The predicted molar refractivity (Wildman–Crippen MR) is 72.1 cm³/mol. The molecule has 1 aliphatic rings. The van der Waals surface area contributed by atoms with Gasteiger partial charge < -0.3 is 9.88 Å². The Bertz CT molecular complexity index is 602. The molecule has 1 aromatic heterocycles. The number of hydrogen-bond acceptors (Lipinski definition) is 4. The Morgan fingerprint density at radius 2 is 2.16 bits per heavy atom. The topological polar surface area (TPSA) is 75.1 Å². The third-order valence-corrected chi connectivity index (χ3v) is 3.59. The largest absolute Gasteiger partial charge is 0.342 e. The molecule has 19 heavy (non-hydrogen) atoms. The molecule has 0 unspecified atom stereocenters. The summed E-state index contributed by atoms with van der Waals surface area (Å²) in [5, 5.41) is 10.7. The predicted octanol–water partition coefficient (Wildman–Crippen LogP) is 2.11. The quantitative estimate of drug-likeness (QED) is 0.674. The Balaban J connectivity index is 1.75. The molecule has 1 aromatic carbocycles. The highest BCUT2D eigenvalue weighted by molar-refractivity contribution is 5.77. The molecule has 1 fully saturated rings. The van der Waals surface area contributed by atoms with Gasteiger partial charge in [-0.3, -0.25) is 10.1 Å². The molecular weight excluding hydrogens is 244 g/mol. The molecule has 0 spiro atoms. The van der Waals surface area contributed by atoms with Gasteiger partial charge in [-0.2, -0.15) is 0 Å². The van der Waals surface area contributed by atoms with Gasteiger partial charge in [-0.15, -0.1) is 0 Å². The monoisotopic (exact) mass is 260 g/mol. The molecule has 0 saturated carbocycles.